The molecule has 1 N–H and O–H groups in total. The van der Waals surface area contributed by atoms with Crippen molar-refractivity contribution < 1.29 is 19.1 Å². The summed E-state index contributed by atoms with van der Waals surface area (Å²) in [5, 5.41) is 0. The third-order valence-corrected chi connectivity index (χ3v) is 5.90. The summed E-state index contributed by atoms with van der Waals surface area (Å²) in [5.41, 5.74) is 3.96. The molecule has 7 nitrogen and oxygen atoms in total. The lowest BCUT2D eigenvalue weighted by Gasteiger charge is -2.35. The van der Waals surface area contributed by atoms with Gasteiger partial charge in [0.2, 0.25) is 0 Å². The molecule has 0 spiro atoms. The molecule has 0 bridgehead atoms. The Labute approximate surface area is 184 Å². The number of benzene rings is 1. The fraction of sp³-hybridized carbons (Fsp3) is 0.500. The van der Waals surface area contributed by atoms with Crippen LogP contribution >= 0.6 is 0 Å². The maximum absolute atomic E-state index is 13.3. The lowest BCUT2D eigenvalue weighted by atomic mass is 10.0. The minimum Gasteiger partial charge on any atom is -0.497 e. The second-order valence-corrected chi connectivity index (χ2v) is 8.03. The highest BCUT2D eigenvalue weighted by Crippen LogP contribution is 2.26. The Morgan fingerprint density at radius 1 is 1.10 bits per heavy atom. The number of rotatable bonds is 8. The van der Waals surface area contributed by atoms with E-state index in [-0.39, 0.29) is 11.7 Å². The molecule has 1 aromatic carbocycles. The number of methoxy groups -OCH3 is 2. The van der Waals surface area contributed by atoms with Crippen LogP contribution in [0.1, 0.15) is 57.9 Å². The SMILES string of the molecule is CCCc1c(C(=O)N2CCN(Cc3cc(OC)ccc3OC)CC2)[nH]c(C)c1C(C)=O. The normalized spacial score (nSPS) is 14.5. The number of carbonyl (C=O) groups is 2. The number of nitrogens with zero attached hydrogens (tertiary/aromatic N) is 2. The van der Waals surface area contributed by atoms with E-state index in [1.165, 1.54) is 0 Å². The van der Waals surface area contributed by atoms with E-state index < -0.39 is 0 Å². The van der Waals surface area contributed by atoms with Crippen LogP contribution in [0.4, 0.5) is 0 Å². The van der Waals surface area contributed by atoms with Gasteiger partial charge in [-0.2, -0.15) is 0 Å². The van der Waals surface area contributed by atoms with Crippen molar-refractivity contribution in [3.05, 3.63) is 46.3 Å². The third kappa shape index (κ3) is 4.93. The fourth-order valence-corrected chi connectivity index (χ4v) is 4.35. The Kier molecular flexibility index (Phi) is 7.38. The molecule has 168 valence electrons. The van der Waals surface area contributed by atoms with Gasteiger partial charge in [-0.1, -0.05) is 13.3 Å². The molecule has 0 aliphatic carbocycles. The first-order valence-corrected chi connectivity index (χ1v) is 10.8. The summed E-state index contributed by atoms with van der Waals surface area (Å²) in [4.78, 5) is 32.8. The molecule has 2 heterocycles. The molecule has 1 saturated heterocycles. The van der Waals surface area contributed by atoms with Gasteiger partial charge in [-0.3, -0.25) is 14.5 Å². The number of aromatic nitrogens is 1. The number of piperazine rings is 1. The lowest BCUT2D eigenvalue weighted by molar-refractivity contribution is 0.0621. The van der Waals surface area contributed by atoms with Crippen LogP contribution in [0.25, 0.3) is 0 Å². The van der Waals surface area contributed by atoms with Gasteiger partial charge in [0.15, 0.2) is 5.78 Å². The van der Waals surface area contributed by atoms with Crippen LogP contribution in [-0.4, -0.2) is 66.9 Å². The van der Waals surface area contributed by atoms with E-state index in [0.717, 1.165) is 60.8 Å². The van der Waals surface area contributed by atoms with Crippen molar-refractivity contribution in [3.8, 4) is 11.5 Å². The van der Waals surface area contributed by atoms with Gasteiger partial charge in [0, 0.05) is 49.5 Å². The standard InChI is InChI=1S/C24H33N3O4/c1-6-7-20-22(17(3)28)16(2)25-23(20)24(29)27-12-10-26(11-13-27)15-18-14-19(30-4)8-9-21(18)31-5/h8-9,14,25H,6-7,10-13,15H2,1-5H3. The van der Waals surface area contributed by atoms with E-state index in [1.54, 1.807) is 21.1 Å². The number of H-pyrrole nitrogens is 1. The van der Waals surface area contributed by atoms with Crippen molar-refractivity contribution in [1.29, 1.82) is 0 Å². The minimum atomic E-state index is -0.0161. The molecule has 1 fully saturated rings. The van der Waals surface area contributed by atoms with Crippen LogP contribution in [0, 0.1) is 6.92 Å². The lowest BCUT2D eigenvalue weighted by Crippen LogP contribution is -2.48. The molecule has 1 aromatic heterocycles. The number of hydrogen-bond acceptors (Lipinski definition) is 5. The predicted octanol–water partition coefficient (Wildman–Crippen LogP) is 3.45. The molecule has 0 atom stereocenters. The largest absolute Gasteiger partial charge is 0.497 e. The van der Waals surface area contributed by atoms with Gasteiger partial charge in [-0.15, -0.1) is 0 Å². The summed E-state index contributed by atoms with van der Waals surface area (Å²) in [6.45, 7) is 9.06. The zero-order chi connectivity index (χ0) is 22.5. The van der Waals surface area contributed by atoms with Crippen LogP contribution in [0.15, 0.2) is 18.2 Å². The molecule has 0 radical (unpaired) electrons. The average Bonchev–Trinajstić information content (AvgIpc) is 3.10. The Hall–Kier alpha value is -2.80. The van der Waals surface area contributed by atoms with Crippen molar-refractivity contribution in [2.24, 2.45) is 0 Å². The van der Waals surface area contributed by atoms with E-state index >= 15 is 0 Å². The van der Waals surface area contributed by atoms with Gasteiger partial charge in [0.05, 0.1) is 14.2 Å². The molecule has 0 unspecified atom stereocenters. The van der Waals surface area contributed by atoms with Gasteiger partial charge >= 0.3 is 0 Å². The van der Waals surface area contributed by atoms with Crippen LogP contribution in [0.3, 0.4) is 0 Å². The summed E-state index contributed by atoms with van der Waals surface area (Å²) in [6, 6.07) is 5.81. The van der Waals surface area contributed by atoms with Crippen molar-refractivity contribution in [1.82, 2.24) is 14.8 Å². The Morgan fingerprint density at radius 3 is 2.39 bits per heavy atom. The number of nitrogens with one attached hydrogen (secondary N) is 1. The van der Waals surface area contributed by atoms with E-state index in [9.17, 15) is 9.59 Å². The number of aryl methyl sites for hydroxylation is 1. The van der Waals surface area contributed by atoms with Crippen molar-refractivity contribution in [2.75, 3.05) is 40.4 Å². The number of ketones is 1. The van der Waals surface area contributed by atoms with E-state index in [1.807, 2.05) is 30.0 Å². The van der Waals surface area contributed by atoms with Crippen molar-refractivity contribution >= 4 is 11.7 Å². The van der Waals surface area contributed by atoms with Crippen molar-refractivity contribution in [3.63, 3.8) is 0 Å². The smallest absolute Gasteiger partial charge is 0.270 e. The summed E-state index contributed by atoms with van der Waals surface area (Å²) < 4.78 is 10.8. The Balaban J connectivity index is 1.70. The second kappa shape index (κ2) is 10.0. The highest BCUT2D eigenvalue weighted by atomic mass is 16.5. The zero-order valence-electron chi connectivity index (χ0n) is 19.2. The number of carbonyl (C=O) groups excluding carboxylic acids is 2. The number of hydrogen-bond donors (Lipinski definition) is 1. The number of Topliss-reactive ketones (excluding diaryl/α,β-unsaturated/α-hetero) is 1. The van der Waals surface area contributed by atoms with Crippen molar-refractivity contribution in [2.45, 2.75) is 40.2 Å². The van der Waals surface area contributed by atoms with E-state index in [2.05, 4.69) is 16.8 Å². The molecule has 1 aliphatic heterocycles. The maximum atomic E-state index is 13.3. The highest BCUT2D eigenvalue weighted by molar-refractivity contribution is 6.02. The molecule has 2 aromatic rings. The van der Waals surface area contributed by atoms with E-state index in [4.69, 9.17) is 9.47 Å². The Morgan fingerprint density at radius 2 is 1.81 bits per heavy atom. The first-order chi connectivity index (χ1) is 14.9. The maximum Gasteiger partial charge on any atom is 0.270 e. The summed E-state index contributed by atoms with van der Waals surface area (Å²) in [5.74, 6) is 1.63. The van der Waals surface area contributed by atoms with E-state index in [0.29, 0.717) is 24.3 Å². The summed E-state index contributed by atoms with van der Waals surface area (Å²) >= 11 is 0. The van der Waals surface area contributed by atoms with Gasteiger partial charge in [0.25, 0.3) is 5.91 Å². The van der Waals surface area contributed by atoms with Gasteiger partial charge in [-0.05, 0) is 44.0 Å². The zero-order valence-corrected chi connectivity index (χ0v) is 19.2. The molecule has 31 heavy (non-hydrogen) atoms. The molecule has 7 heteroatoms. The predicted molar refractivity (Wildman–Crippen MR) is 120 cm³/mol. The number of ether oxygens (including phenoxy) is 2. The highest BCUT2D eigenvalue weighted by Gasteiger charge is 2.28. The summed E-state index contributed by atoms with van der Waals surface area (Å²) in [7, 11) is 3.33. The summed E-state index contributed by atoms with van der Waals surface area (Å²) in [6.07, 6.45) is 1.60. The first kappa shape index (κ1) is 22.9. The van der Waals surface area contributed by atoms with Crippen LogP contribution in [0.2, 0.25) is 0 Å². The second-order valence-electron chi connectivity index (χ2n) is 8.03. The molecule has 1 aliphatic rings. The quantitative estimate of drug-likeness (QED) is 0.653. The molecular weight excluding hydrogens is 394 g/mol. The molecule has 3 rings (SSSR count). The molecule has 0 saturated carbocycles. The van der Waals surface area contributed by atoms with Crippen LogP contribution in [-0.2, 0) is 13.0 Å². The van der Waals surface area contributed by atoms with Crippen LogP contribution < -0.4 is 9.47 Å². The van der Waals surface area contributed by atoms with Crippen LogP contribution in [0.5, 0.6) is 11.5 Å². The minimum absolute atomic E-state index is 0.00769. The average molecular weight is 428 g/mol. The third-order valence-electron chi connectivity index (χ3n) is 5.90. The Bertz CT molecular complexity index is 943. The number of aromatic amines is 1. The molecule has 1 amide bonds. The monoisotopic (exact) mass is 427 g/mol. The fourth-order valence-electron chi connectivity index (χ4n) is 4.35. The van der Waals surface area contributed by atoms with Gasteiger partial charge in [0.1, 0.15) is 17.2 Å². The van der Waals surface area contributed by atoms with Gasteiger partial charge < -0.3 is 19.4 Å². The first-order valence-electron chi connectivity index (χ1n) is 10.8. The van der Waals surface area contributed by atoms with Gasteiger partial charge in [-0.25, -0.2) is 0 Å². The number of amides is 1. The topological polar surface area (TPSA) is 74.9 Å². The molecular formula is C24H33N3O4.